The van der Waals surface area contributed by atoms with E-state index in [2.05, 4.69) is 31.4 Å². The van der Waals surface area contributed by atoms with Crippen LogP contribution in [0.5, 0.6) is 0 Å². The van der Waals surface area contributed by atoms with Gasteiger partial charge in [-0.15, -0.1) is 0 Å². The summed E-state index contributed by atoms with van der Waals surface area (Å²) < 4.78 is 5.25. The average Bonchev–Trinajstić information content (AvgIpc) is 2.30. The Kier molecular flexibility index (Phi) is 9.01. The number of hydrogen-bond donors (Lipinski definition) is 3. The van der Waals surface area contributed by atoms with Crippen molar-refractivity contribution in [2.24, 2.45) is 11.8 Å². The van der Waals surface area contributed by atoms with Gasteiger partial charge in [0.15, 0.2) is 0 Å². The number of alkyl carbamates (subject to hydrolysis) is 1. The van der Waals surface area contributed by atoms with Crippen LogP contribution < -0.4 is 10.6 Å². The fraction of sp³-hybridized carbons (Fsp3) is 0.941. The van der Waals surface area contributed by atoms with Crippen LogP contribution in [0.4, 0.5) is 4.79 Å². The minimum absolute atomic E-state index is 0.296. The molecule has 0 saturated carbocycles. The molecule has 0 heterocycles. The number of hydrogen-bond acceptors (Lipinski definition) is 4. The summed E-state index contributed by atoms with van der Waals surface area (Å²) in [5, 5.41) is 16.3. The number of amides is 1. The average molecular weight is 316 g/mol. The molecule has 22 heavy (non-hydrogen) atoms. The second kappa shape index (κ2) is 9.36. The Morgan fingerprint density at radius 2 is 1.77 bits per heavy atom. The van der Waals surface area contributed by atoms with E-state index in [0.29, 0.717) is 24.9 Å². The second-order valence-corrected chi connectivity index (χ2v) is 7.76. The lowest BCUT2D eigenvalue weighted by molar-refractivity contribution is 0.0461. The highest BCUT2D eigenvalue weighted by Gasteiger charge is 2.21. The lowest BCUT2D eigenvalue weighted by Crippen LogP contribution is -2.43. The van der Waals surface area contributed by atoms with E-state index in [-0.39, 0.29) is 6.09 Å². The molecule has 2 unspecified atom stereocenters. The minimum Gasteiger partial charge on any atom is -0.444 e. The van der Waals surface area contributed by atoms with Crippen LogP contribution in [0, 0.1) is 11.8 Å². The molecule has 0 aliphatic heterocycles. The smallest absolute Gasteiger partial charge is 0.407 e. The molecule has 0 aromatic carbocycles. The fourth-order valence-electron chi connectivity index (χ4n) is 2.23. The summed E-state index contributed by atoms with van der Waals surface area (Å²) in [5.74, 6) is 0.725. The maximum atomic E-state index is 11.7. The number of carbonyl (C=O) groups is 1. The van der Waals surface area contributed by atoms with E-state index >= 15 is 0 Å². The topological polar surface area (TPSA) is 70.6 Å². The molecule has 0 rings (SSSR count). The standard InChI is InChI=1S/C17H36N2O3/c1-8-9-17(7,21)12-18-10-14(13(2)3)11-19-15(20)22-16(4,5)6/h13-14,18,21H,8-12H2,1-7H3,(H,19,20). The third kappa shape index (κ3) is 10.9. The zero-order valence-electron chi connectivity index (χ0n) is 15.5. The van der Waals surface area contributed by atoms with Crippen molar-refractivity contribution >= 4 is 6.09 Å². The Labute approximate surface area is 136 Å². The Hall–Kier alpha value is -0.810. The van der Waals surface area contributed by atoms with Crippen LogP contribution in [0.15, 0.2) is 0 Å². The molecule has 3 N–H and O–H groups in total. The van der Waals surface area contributed by atoms with E-state index in [4.69, 9.17) is 4.74 Å². The molecule has 2 atom stereocenters. The highest BCUT2D eigenvalue weighted by molar-refractivity contribution is 5.67. The van der Waals surface area contributed by atoms with Gasteiger partial charge in [0.25, 0.3) is 0 Å². The summed E-state index contributed by atoms with van der Waals surface area (Å²) in [7, 11) is 0. The first-order valence-corrected chi connectivity index (χ1v) is 8.37. The van der Waals surface area contributed by atoms with Crippen molar-refractivity contribution in [2.45, 2.75) is 72.5 Å². The first-order chi connectivity index (χ1) is 9.97. The zero-order valence-corrected chi connectivity index (χ0v) is 15.5. The van der Waals surface area contributed by atoms with Gasteiger partial charge in [-0.1, -0.05) is 27.2 Å². The Bertz CT molecular complexity index is 322. The highest BCUT2D eigenvalue weighted by atomic mass is 16.6. The van der Waals surface area contributed by atoms with Gasteiger partial charge in [-0.05, 0) is 52.5 Å². The summed E-state index contributed by atoms with van der Waals surface area (Å²) >= 11 is 0. The van der Waals surface area contributed by atoms with E-state index in [0.717, 1.165) is 19.4 Å². The van der Waals surface area contributed by atoms with Gasteiger partial charge in [-0.25, -0.2) is 4.79 Å². The molecule has 0 spiro atoms. The van der Waals surface area contributed by atoms with Crippen molar-refractivity contribution in [3.63, 3.8) is 0 Å². The molecule has 132 valence electrons. The molecule has 0 saturated heterocycles. The summed E-state index contributed by atoms with van der Waals surface area (Å²) in [6.07, 6.45) is 1.36. The van der Waals surface area contributed by atoms with Gasteiger partial charge in [-0.3, -0.25) is 0 Å². The number of rotatable bonds is 9. The van der Waals surface area contributed by atoms with E-state index in [1.807, 2.05) is 27.7 Å². The number of ether oxygens (including phenoxy) is 1. The lowest BCUT2D eigenvalue weighted by Gasteiger charge is -2.27. The van der Waals surface area contributed by atoms with Crippen molar-refractivity contribution in [3.05, 3.63) is 0 Å². The predicted octanol–water partition coefficient (Wildman–Crippen LogP) is 2.92. The van der Waals surface area contributed by atoms with Gasteiger partial charge in [0.2, 0.25) is 0 Å². The summed E-state index contributed by atoms with van der Waals surface area (Å²) in [5.41, 5.74) is -1.15. The van der Waals surface area contributed by atoms with Gasteiger partial charge >= 0.3 is 6.09 Å². The van der Waals surface area contributed by atoms with Gasteiger partial charge in [0.05, 0.1) is 5.60 Å². The number of aliphatic hydroxyl groups is 1. The molecular weight excluding hydrogens is 280 g/mol. The highest BCUT2D eigenvalue weighted by Crippen LogP contribution is 2.13. The molecule has 1 amide bonds. The molecule has 0 fully saturated rings. The van der Waals surface area contributed by atoms with Gasteiger partial charge in [0, 0.05) is 13.1 Å². The fourth-order valence-corrected chi connectivity index (χ4v) is 2.23. The van der Waals surface area contributed by atoms with Gasteiger partial charge in [0.1, 0.15) is 5.60 Å². The summed E-state index contributed by atoms with van der Waals surface area (Å²) in [4.78, 5) is 11.7. The Balaban J connectivity index is 4.20. The lowest BCUT2D eigenvalue weighted by atomic mass is 9.95. The molecule has 0 aromatic rings. The normalized spacial score (nSPS) is 16.2. The van der Waals surface area contributed by atoms with E-state index in [1.54, 1.807) is 0 Å². The Morgan fingerprint density at radius 1 is 1.18 bits per heavy atom. The minimum atomic E-state index is -0.672. The molecule has 0 bridgehead atoms. The maximum Gasteiger partial charge on any atom is 0.407 e. The molecule has 0 radical (unpaired) electrons. The van der Waals surface area contributed by atoms with E-state index < -0.39 is 11.2 Å². The van der Waals surface area contributed by atoms with Crippen molar-refractivity contribution in [1.82, 2.24) is 10.6 Å². The molecule has 0 aliphatic rings. The second-order valence-electron chi connectivity index (χ2n) is 7.76. The summed E-state index contributed by atoms with van der Waals surface area (Å²) in [6, 6.07) is 0. The van der Waals surface area contributed by atoms with Crippen molar-refractivity contribution in [1.29, 1.82) is 0 Å². The van der Waals surface area contributed by atoms with E-state index in [9.17, 15) is 9.90 Å². The SMILES string of the molecule is CCCC(C)(O)CNCC(CNC(=O)OC(C)(C)C)C(C)C. The molecule has 5 heteroatoms. The van der Waals surface area contributed by atoms with Gasteiger partial charge < -0.3 is 20.5 Å². The first kappa shape index (κ1) is 21.2. The third-order valence-corrected chi connectivity index (χ3v) is 3.55. The zero-order chi connectivity index (χ0) is 17.4. The van der Waals surface area contributed by atoms with Crippen LogP contribution in [-0.4, -0.2) is 42.0 Å². The van der Waals surface area contributed by atoms with Crippen LogP contribution in [0.1, 0.15) is 61.3 Å². The van der Waals surface area contributed by atoms with Crippen LogP contribution in [0.3, 0.4) is 0 Å². The predicted molar refractivity (Wildman–Crippen MR) is 91.0 cm³/mol. The van der Waals surface area contributed by atoms with E-state index in [1.165, 1.54) is 0 Å². The molecule has 5 nitrogen and oxygen atoms in total. The number of nitrogens with one attached hydrogen (secondary N) is 2. The van der Waals surface area contributed by atoms with Crippen LogP contribution in [0.2, 0.25) is 0 Å². The van der Waals surface area contributed by atoms with Crippen molar-refractivity contribution in [2.75, 3.05) is 19.6 Å². The maximum absolute atomic E-state index is 11.7. The van der Waals surface area contributed by atoms with Crippen molar-refractivity contribution in [3.8, 4) is 0 Å². The number of carbonyl (C=O) groups excluding carboxylic acids is 1. The van der Waals surface area contributed by atoms with Crippen LogP contribution in [0.25, 0.3) is 0 Å². The monoisotopic (exact) mass is 316 g/mol. The third-order valence-electron chi connectivity index (χ3n) is 3.55. The molecular formula is C17H36N2O3. The quantitative estimate of drug-likeness (QED) is 0.612. The summed E-state index contributed by atoms with van der Waals surface area (Å²) in [6.45, 7) is 15.6. The first-order valence-electron chi connectivity index (χ1n) is 8.37. The van der Waals surface area contributed by atoms with Crippen LogP contribution >= 0.6 is 0 Å². The largest absolute Gasteiger partial charge is 0.444 e. The molecule has 0 aromatic heterocycles. The van der Waals surface area contributed by atoms with Gasteiger partial charge in [-0.2, -0.15) is 0 Å². The van der Waals surface area contributed by atoms with Crippen molar-refractivity contribution < 1.29 is 14.6 Å². The van der Waals surface area contributed by atoms with Crippen LogP contribution in [-0.2, 0) is 4.74 Å². The molecule has 0 aliphatic carbocycles. The Morgan fingerprint density at radius 3 is 2.23 bits per heavy atom.